The van der Waals surface area contributed by atoms with Crippen LogP contribution in [-0.2, 0) is 9.47 Å². The van der Waals surface area contributed by atoms with Crippen LogP contribution in [0.15, 0.2) is 18.3 Å². The Morgan fingerprint density at radius 2 is 1.81 bits per heavy atom. The van der Waals surface area contributed by atoms with Crippen LogP contribution in [0, 0.1) is 0 Å². The summed E-state index contributed by atoms with van der Waals surface area (Å²) in [6.07, 6.45) is 2.60. The minimum Gasteiger partial charge on any atom is -0.495 e. The summed E-state index contributed by atoms with van der Waals surface area (Å²) in [5, 5.41) is 9.57. The number of anilines is 1. The van der Waals surface area contributed by atoms with Crippen molar-refractivity contribution in [2.24, 2.45) is 0 Å². The molecule has 1 unspecified atom stereocenters. The van der Waals surface area contributed by atoms with Gasteiger partial charge in [-0.2, -0.15) is 0 Å². The van der Waals surface area contributed by atoms with Crippen LogP contribution in [-0.4, -0.2) is 92.7 Å². The van der Waals surface area contributed by atoms with Gasteiger partial charge in [0.2, 0.25) is 0 Å². The molecule has 0 radical (unpaired) electrons. The maximum atomic E-state index is 6.71. The Morgan fingerprint density at radius 3 is 2.49 bits per heavy atom. The number of rotatable bonds is 9. The summed E-state index contributed by atoms with van der Waals surface area (Å²) in [5.74, 6) is 1.88. The summed E-state index contributed by atoms with van der Waals surface area (Å²) in [5.41, 5.74) is 1.72. The number of aromatic nitrogens is 3. The molecule has 0 bridgehead atoms. The third kappa shape index (κ3) is 5.78. The van der Waals surface area contributed by atoms with Gasteiger partial charge in [-0.1, -0.05) is 23.2 Å². The van der Waals surface area contributed by atoms with Gasteiger partial charge in [0.25, 0.3) is 0 Å². The second-order valence-corrected chi connectivity index (χ2v) is 9.53. The number of benzene rings is 1. The molecule has 1 aromatic carbocycles. The topological polar surface area (TPSA) is 105 Å². The van der Waals surface area contributed by atoms with Crippen molar-refractivity contribution >= 4 is 45.9 Å². The van der Waals surface area contributed by atoms with Crippen LogP contribution in [0.5, 0.6) is 11.5 Å². The first-order valence-corrected chi connectivity index (χ1v) is 12.9. The van der Waals surface area contributed by atoms with Crippen LogP contribution in [0.4, 0.5) is 11.8 Å². The molecule has 37 heavy (non-hydrogen) atoms. The molecule has 0 saturated carbocycles. The van der Waals surface area contributed by atoms with Gasteiger partial charge < -0.3 is 39.5 Å². The van der Waals surface area contributed by atoms with Crippen molar-refractivity contribution in [3.8, 4) is 22.8 Å². The van der Waals surface area contributed by atoms with Gasteiger partial charge in [-0.3, -0.25) is 4.90 Å². The Labute approximate surface area is 225 Å². The third-order valence-corrected chi connectivity index (χ3v) is 7.16. The van der Waals surface area contributed by atoms with Crippen LogP contribution < -0.4 is 14.8 Å². The fraction of sp³-hybridized carbons (Fsp3) is 0.480. The van der Waals surface area contributed by atoms with Crippen molar-refractivity contribution in [2.75, 3.05) is 72.1 Å². The summed E-state index contributed by atoms with van der Waals surface area (Å²) in [6, 6.07) is 3.57. The van der Waals surface area contributed by atoms with Crippen molar-refractivity contribution in [3.05, 3.63) is 33.7 Å². The van der Waals surface area contributed by atoms with E-state index < -0.39 is 0 Å². The average molecular weight is 548 g/mol. The molecule has 5 rings (SSSR count). The molecule has 198 valence electrons. The maximum Gasteiger partial charge on any atom is 0.141 e. The molecule has 0 spiro atoms. The minimum absolute atomic E-state index is 0.0595. The van der Waals surface area contributed by atoms with E-state index in [2.05, 4.69) is 20.5 Å². The lowest BCUT2D eigenvalue weighted by molar-refractivity contribution is 0.0398. The van der Waals surface area contributed by atoms with E-state index in [1.165, 1.54) is 0 Å². The molecule has 0 amide bonds. The SMILES string of the molecule is COc1cc(OC)c(Cl)c(-c2cc3cnc([N-]C4CCOC4)nc3c(NCCN3CCOCC3)n2)c1Cl. The van der Waals surface area contributed by atoms with E-state index in [1.54, 1.807) is 26.5 Å². The first-order chi connectivity index (χ1) is 18.1. The molecule has 2 aromatic heterocycles. The fourth-order valence-electron chi connectivity index (χ4n) is 4.40. The molecular weight excluding hydrogens is 519 g/mol. The Morgan fingerprint density at radius 1 is 1.05 bits per heavy atom. The second kappa shape index (κ2) is 11.8. The van der Waals surface area contributed by atoms with Crippen LogP contribution in [0.25, 0.3) is 27.5 Å². The predicted octanol–water partition coefficient (Wildman–Crippen LogP) is 4.55. The van der Waals surface area contributed by atoms with Crippen molar-refractivity contribution in [2.45, 2.75) is 12.5 Å². The van der Waals surface area contributed by atoms with Gasteiger partial charge in [-0.05, 0) is 24.1 Å². The summed E-state index contributed by atoms with van der Waals surface area (Å²) < 4.78 is 21.8. The number of hydrogen-bond donors (Lipinski definition) is 1. The van der Waals surface area contributed by atoms with Crippen LogP contribution in [0.3, 0.4) is 0 Å². The van der Waals surface area contributed by atoms with Gasteiger partial charge in [0, 0.05) is 61.9 Å². The molecule has 4 heterocycles. The van der Waals surface area contributed by atoms with Gasteiger partial charge >= 0.3 is 0 Å². The van der Waals surface area contributed by atoms with E-state index in [0.29, 0.717) is 69.8 Å². The van der Waals surface area contributed by atoms with Gasteiger partial charge in [0.05, 0.1) is 49.8 Å². The molecule has 0 aliphatic carbocycles. The highest BCUT2D eigenvalue weighted by Crippen LogP contribution is 2.46. The first-order valence-electron chi connectivity index (χ1n) is 12.2. The Bertz CT molecular complexity index is 1220. The maximum absolute atomic E-state index is 6.71. The summed E-state index contributed by atoms with van der Waals surface area (Å²) in [7, 11) is 3.08. The van der Waals surface area contributed by atoms with Gasteiger partial charge in [-0.25, -0.2) is 4.98 Å². The van der Waals surface area contributed by atoms with Crippen molar-refractivity contribution in [1.29, 1.82) is 0 Å². The highest BCUT2D eigenvalue weighted by molar-refractivity contribution is 6.41. The van der Waals surface area contributed by atoms with E-state index in [-0.39, 0.29) is 6.04 Å². The number of nitrogens with one attached hydrogen (secondary N) is 1. The molecule has 1 N–H and O–H groups in total. The molecule has 2 aliphatic heterocycles. The standard InChI is InChI=1S/C25H29Cl2N6O4/c1-34-18-12-19(35-2)22(27)20(21(18)26)17-11-15-13-29-25(30-16-3-8-37-14-16)32-23(15)24(31-17)28-4-5-33-6-9-36-10-7-33/h11-13,16H,3-10,14H2,1-2H3,(H-,28,29,30,31,32)/q-1. The quantitative estimate of drug-likeness (QED) is 0.412. The van der Waals surface area contributed by atoms with E-state index >= 15 is 0 Å². The lowest BCUT2D eigenvalue weighted by atomic mass is 10.1. The summed E-state index contributed by atoms with van der Waals surface area (Å²) >= 11 is 13.4. The van der Waals surface area contributed by atoms with E-state index in [1.807, 2.05) is 6.07 Å². The fourth-order valence-corrected chi connectivity index (χ4v) is 5.09. The number of halogens is 2. The largest absolute Gasteiger partial charge is 0.495 e. The number of pyridine rings is 1. The Kier molecular flexibility index (Phi) is 8.31. The van der Waals surface area contributed by atoms with Crippen molar-refractivity contribution in [1.82, 2.24) is 19.9 Å². The lowest BCUT2D eigenvalue weighted by Gasteiger charge is -2.27. The monoisotopic (exact) mass is 547 g/mol. The molecule has 2 saturated heterocycles. The number of morpholine rings is 1. The number of hydrogen-bond acceptors (Lipinski definition) is 9. The molecule has 1 atom stereocenters. The van der Waals surface area contributed by atoms with E-state index in [9.17, 15) is 0 Å². The van der Waals surface area contributed by atoms with Crippen LogP contribution in [0.2, 0.25) is 10.0 Å². The van der Waals surface area contributed by atoms with Gasteiger partial charge in [0.1, 0.15) is 17.3 Å². The third-order valence-electron chi connectivity index (χ3n) is 6.41. The van der Waals surface area contributed by atoms with Crippen LogP contribution in [0.1, 0.15) is 6.42 Å². The molecular formula is C25H29Cl2N6O4-. The summed E-state index contributed by atoms with van der Waals surface area (Å²) in [6.45, 7) is 6.08. The smallest absolute Gasteiger partial charge is 0.141 e. The van der Waals surface area contributed by atoms with E-state index in [0.717, 1.165) is 44.7 Å². The number of ether oxygens (including phenoxy) is 4. The highest BCUT2D eigenvalue weighted by atomic mass is 35.5. The normalized spacial score (nSPS) is 18.2. The molecule has 2 aliphatic rings. The predicted molar refractivity (Wildman–Crippen MR) is 144 cm³/mol. The lowest BCUT2D eigenvalue weighted by Crippen LogP contribution is -2.39. The summed E-state index contributed by atoms with van der Waals surface area (Å²) in [4.78, 5) is 16.5. The average Bonchev–Trinajstić information content (AvgIpc) is 3.43. The Hall–Kier alpha value is -2.63. The van der Waals surface area contributed by atoms with Crippen molar-refractivity contribution in [3.63, 3.8) is 0 Å². The number of methoxy groups -OCH3 is 2. The van der Waals surface area contributed by atoms with E-state index in [4.69, 9.17) is 52.1 Å². The Balaban J connectivity index is 1.53. The first kappa shape index (κ1) is 26.0. The number of nitrogens with zero attached hydrogens (tertiary/aromatic N) is 5. The number of fused-ring (bicyclic) bond motifs is 1. The highest BCUT2D eigenvalue weighted by Gasteiger charge is 2.21. The molecule has 12 heteroatoms. The zero-order chi connectivity index (χ0) is 25.8. The molecule has 2 fully saturated rings. The van der Waals surface area contributed by atoms with Gasteiger partial charge in [-0.15, -0.1) is 0 Å². The van der Waals surface area contributed by atoms with Gasteiger partial charge in [0.15, 0.2) is 0 Å². The second-order valence-electron chi connectivity index (χ2n) is 8.78. The molecule has 10 nitrogen and oxygen atoms in total. The van der Waals surface area contributed by atoms with Crippen molar-refractivity contribution < 1.29 is 18.9 Å². The minimum atomic E-state index is 0.0595. The zero-order valence-electron chi connectivity index (χ0n) is 20.8. The van der Waals surface area contributed by atoms with Crippen LogP contribution >= 0.6 is 23.2 Å². The molecule has 3 aromatic rings. The zero-order valence-corrected chi connectivity index (χ0v) is 22.3.